The van der Waals surface area contributed by atoms with Crippen LogP contribution in [0.4, 0.5) is 5.82 Å². The molecule has 0 fully saturated rings. The third-order valence-electron chi connectivity index (χ3n) is 3.73. The van der Waals surface area contributed by atoms with Crippen LogP contribution in [0.3, 0.4) is 0 Å². The number of nitrogens with one attached hydrogen (secondary N) is 2. The molecule has 0 spiro atoms. The van der Waals surface area contributed by atoms with Gasteiger partial charge in [0.1, 0.15) is 5.82 Å². The zero-order valence-electron chi connectivity index (χ0n) is 15.3. The van der Waals surface area contributed by atoms with Gasteiger partial charge in [-0.1, -0.05) is 35.9 Å². The number of amides is 1. The van der Waals surface area contributed by atoms with Gasteiger partial charge in [-0.2, -0.15) is 0 Å². The summed E-state index contributed by atoms with van der Waals surface area (Å²) in [5.41, 5.74) is 1.33. The molecule has 27 heavy (non-hydrogen) atoms. The van der Waals surface area contributed by atoms with Gasteiger partial charge >= 0.3 is 0 Å². The lowest BCUT2D eigenvalue weighted by atomic mass is 10.1. The molecule has 0 aliphatic heterocycles. The van der Waals surface area contributed by atoms with E-state index < -0.39 is 15.9 Å². The molecule has 0 unspecified atom stereocenters. The van der Waals surface area contributed by atoms with Gasteiger partial charge in [-0.05, 0) is 37.6 Å². The van der Waals surface area contributed by atoms with Gasteiger partial charge in [-0.25, -0.2) is 13.4 Å². The first-order valence-electron chi connectivity index (χ1n) is 8.32. The maximum absolute atomic E-state index is 12.2. The summed E-state index contributed by atoms with van der Waals surface area (Å²) in [5, 5.41) is 7.67. The Morgan fingerprint density at radius 3 is 2.48 bits per heavy atom. The lowest BCUT2D eigenvalue weighted by molar-refractivity contribution is 0.0946. The van der Waals surface area contributed by atoms with E-state index in [0.717, 1.165) is 17.2 Å². The number of pyridine rings is 1. The number of rotatable bonds is 7. The molecule has 0 aliphatic rings. The van der Waals surface area contributed by atoms with E-state index in [9.17, 15) is 13.2 Å². The average Bonchev–Trinajstić information content (AvgIpc) is 2.60. The molecule has 1 heterocycles. The van der Waals surface area contributed by atoms with Crippen LogP contribution in [-0.2, 0) is 9.84 Å². The number of nitrogens with zero attached hydrogens (tertiary/aromatic N) is 1. The Bertz CT molecular complexity index is 927. The van der Waals surface area contributed by atoms with Crippen molar-refractivity contribution in [2.45, 2.75) is 25.9 Å². The highest BCUT2D eigenvalue weighted by molar-refractivity contribution is 7.93. The average molecular weight is 408 g/mol. The minimum Gasteiger partial charge on any atom is -0.363 e. The van der Waals surface area contributed by atoms with E-state index in [4.69, 9.17) is 11.6 Å². The largest absolute Gasteiger partial charge is 0.363 e. The van der Waals surface area contributed by atoms with E-state index in [1.165, 1.54) is 12.3 Å². The first-order valence-corrected chi connectivity index (χ1v) is 10.6. The van der Waals surface area contributed by atoms with Gasteiger partial charge in [0.05, 0.1) is 11.6 Å². The van der Waals surface area contributed by atoms with Crippen molar-refractivity contribution in [2.75, 3.05) is 11.6 Å². The van der Waals surface area contributed by atoms with Gasteiger partial charge < -0.3 is 10.6 Å². The fourth-order valence-corrected chi connectivity index (χ4v) is 3.16. The molecule has 8 heteroatoms. The second kappa shape index (κ2) is 9.01. The Kier molecular flexibility index (Phi) is 6.98. The van der Waals surface area contributed by atoms with E-state index in [2.05, 4.69) is 15.6 Å². The summed E-state index contributed by atoms with van der Waals surface area (Å²) < 4.78 is 22.2. The molecular formula is C19H22ClN3O3S. The summed E-state index contributed by atoms with van der Waals surface area (Å²) in [7, 11) is -3.22. The first-order chi connectivity index (χ1) is 12.7. The number of anilines is 1. The van der Waals surface area contributed by atoms with Gasteiger partial charge in [0.15, 0.2) is 9.84 Å². The molecule has 1 amide bonds. The lowest BCUT2D eigenvalue weighted by Crippen LogP contribution is -2.31. The highest BCUT2D eigenvalue weighted by Gasteiger charge is 2.12. The van der Waals surface area contributed by atoms with Gasteiger partial charge in [0.2, 0.25) is 0 Å². The van der Waals surface area contributed by atoms with Crippen molar-refractivity contribution in [2.24, 2.45) is 0 Å². The number of benzene rings is 1. The van der Waals surface area contributed by atoms with E-state index in [-0.39, 0.29) is 11.9 Å². The van der Waals surface area contributed by atoms with Crippen molar-refractivity contribution in [1.29, 1.82) is 0 Å². The van der Waals surface area contributed by atoms with Crippen molar-refractivity contribution in [3.05, 3.63) is 70.2 Å². The number of aromatic nitrogens is 1. The molecule has 2 rings (SSSR count). The number of carbonyl (C=O) groups excluding carboxylic acids is 1. The number of hydrogen-bond donors (Lipinski definition) is 2. The quantitative estimate of drug-likeness (QED) is 0.732. The minimum absolute atomic E-state index is 0.0490. The molecule has 0 saturated heterocycles. The maximum Gasteiger partial charge on any atom is 0.253 e. The molecule has 0 bridgehead atoms. The summed E-state index contributed by atoms with van der Waals surface area (Å²) in [5.74, 6) is 0.280. The van der Waals surface area contributed by atoms with E-state index in [1.54, 1.807) is 19.1 Å². The lowest BCUT2D eigenvalue weighted by Gasteiger charge is -2.16. The number of carbonyl (C=O) groups is 1. The van der Waals surface area contributed by atoms with Crippen LogP contribution >= 0.6 is 11.6 Å². The molecule has 0 radical (unpaired) electrons. The normalized spacial score (nSPS) is 13.9. The Morgan fingerprint density at radius 2 is 1.89 bits per heavy atom. The van der Waals surface area contributed by atoms with Crippen LogP contribution in [0, 0.1) is 0 Å². The third-order valence-corrected chi connectivity index (χ3v) is 4.73. The van der Waals surface area contributed by atoms with E-state index in [1.807, 2.05) is 31.2 Å². The molecular weight excluding hydrogens is 386 g/mol. The fourth-order valence-electron chi connectivity index (χ4n) is 2.34. The van der Waals surface area contributed by atoms with Crippen molar-refractivity contribution >= 4 is 33.2 Å². The molecule has 1 aromatic heterocycles. The van der Waals surface area contributed by atoms with Gasteiger partial charge in [0.25, 0.3) is 5.91 Å². The molecule has 2 N–H and O–H groups in total. The van der Waals surface area contributed by atoms with Crippen LogP contribution in [0.25, 0.3) is 0 Å². The Hall–Kier alpha value is -2.38. The van der Waals surface area contributed by atoms with Gasteiger partial charge in [-0.15, -0.1) is 0 Å². The van der Waals surface area contributed by atoms with Gasteiger partial charge in [0, 0.05) is 28.9 Å². The number of hydrogen-bond acceptors (Lipinski definition) is 5. The number of sulfone groups is 1. The van der Waals surface area contributed by atoms with Crippen LogP contribution < -0.4 is 10.6 Å². The molecule has 144 valence electrons. The van der Waals surface area contributed by atoms with E-state index >= 15 is 0 Å². The van der Waals surface area contributed by atoms with Crippen molar-refractivity contribution in [1.82, 2.24) is 10.3 Å². The SMILES string of the molecule is C[C@H](/C=C/S(C)(=O)=O)NC(=O)c1ccc(N[C@@H](C)c2ccccc2Cl)nc1. The zero-order valence-corrected chi connectivity index (χ0v) is 16.9. The highest BCUT2D eigenvalue weighted by atomic mass is 35.5. The molecule has 0 aliphatic carbocycles. The Balaban J connectivity index is 1.99. The Morgan fingerprint density at radius 1 is 1.19 bits per heavy atom. The molecule has 2 atom stereocenters. The van der Waals surface area contributed by atoms with Crippen LogP contribution in [-0.4, -0.2) is 31.6 Å². The van der Waals surface area contributed by atoms with Crippen molar-refractivity contribution < 1.29 is 13.2 Å². The summed E-state index contributed by atoms with van der Waals surface area (Å²) >= 11 is 6.20. The van der Waals surface area contributed by atoms with Crippen LogP contribution in [0.15, 0.2) is 54.1 Å². The second-order valence-electron chi connectivity index (χ2n) is 6.24. The molecule has 0 saturated carbocycles. The van der Waals surface area contributed by atoms with Crippen molar-refractivity contribution in [3.8, 4) is 0 Å². The maximum atomic E-state index is 12.2. The molecule has 2 aromatic rings. The highest BCUT2D eigenvalue weighted by Crippen LogP contribution is 2.24. The molecule has 6 nitrogen and oxygen atoms in total. The smallest absolute Gasteiger partial charge is 0.253 e. The Labute approximate surface area is 164 Å². The topological polar surface area (TPSA) is 88.2 Å². The summed E-state index contributed by atoms with van der Waals surface area (Å²) in [6.07, 6.45) is 3.98. The summed E-state index contributed by atoms with van der Waals surface area (Å²) in [4.78, 5) is 16.5. The second-order valence-corrected chi connectivity index (χ2v) is 8.58. The van der Waals surface area contributed by atoms with Crippen LogP contribution in [0.1, 0.15) is 35.8 Å². The van der Waals surface area contributed by atoms with Crippen LogP contribution in [0.2, 0.25) is 5.02 Å². The fraction of sp³-hybridized carbons (Fsp3) is 0.263. The predicted octanol–water partition coefficient (Wildman–Crippen LogP) is 3.58. The first kappa shape index (κ1) is 20.9. The standard InChI is InChI=1S/C19H22ClN3O3S/c1-13(10-11-27(3,25)26)22-19(24)15-8-9-18(21-12-15)23-14(2)16-6-4-5-7-17(16)20/h4-14H,1-3H3,(H,21,23)(H,22,24)/b11-10+/t13-,14+/m1/s1. The zero-order chi connectivity index (χ0) is 20.0. The van der Waals surface area contributed by atoms with Crippen LogP contribution in [0.5, 0.6) is 0 Å². The monoisotopic (exact) mass is 407 g/mol. The predicted molar refractivity (Wildman–Crippen MR) is 109 cm³/mol. The minimum atomic E-state index is -3.22. The third kappa shape index (κ3) is 6.69. The van der Waals surface area contributed by atoms with Gasteiger partial charge in [-0.3, -0.25) is 4.79 Å². The summed E-state index contributed by atoms with van der Waals surface area (Å²) in [6.45, 7) is 3.66. The molecule has 1 aromatic carbocycles. The van der Waals surface area contributed by atoms with Crippen molar-refractivity contribution in [3.63, 3.8) is 0 Å². The summed E-state index contributed by atoms with van der Waals surface area (Å²) in [6, 6.07) is 10.4. The number of halogens is 1. The van der Waals surface area contributed by atoms with E-state index in [0.29, 0.717) is 16.4 Å².